The van der Waals surface area contributed by atoms with Crippen molar-refractivity contribution in [2.45, 2.75) is 26.7 Å². The molecule has 0 saturated carbocycles. The molecule has 30 heavy (non-hydrogen) atoms. The second kappa shape index (κ2) is 8.14. The zero-order valence-electron chi connectivity index (χ0n) is 17.8. The fourth-order valence-corrected chi connectivity index (χ4v) is 3.72. The van der Waals surface area contributed by atoms with E-state index in [1.54, 1.807) is 24.9 Å². The summed E-state index contributed by atoms with van der Waals surface area (Å²) in [6.07, 6.45) is 2.33. The maximum Gasteiger partial charge on any atom is 0.274 e. The van der Waals surface area contributed by atoms with Gasteiger partial charge >= 0.3 is 0 Å². The van der Waals surface area contributed by atoms with Gasteiger partial charge in [0.15, 0.2) is 0 Å². The van der Waals surface area contributed by atoms with Gasteiger partial charge < -0.3 is 15.0 Å². The van der Waals surface area contributed by atoms with Crippen LogP contribution in [-0.2, 0) is 7.05 Å². The Bertz CT molecular complexity index is 1060. The van der Waals surface area contributed by atoms with Crippen molar-refractivity contribution in [3.05, 3.63) is 47.4 Å². The van der Waals surface area contributed by atoms with Gasteiger partial charge in [0, 0.05) is 25.7 Å². The number of benzene rings is 1. The van der Waals surface area contributed by atoms with Gasteiger partial charge in [0.25, 0.3) is 5.91 Å². The third kappa shape index (κ3) is 3.85. The van der Waals surface area contributed by atoms with Gasteiger partial charge in [-0.15, -0.1) is 0 Å². The standard InChI is InChI=1S/C22H26N6O2/c1-14-20(15(2)24-22(23-14)28-10-5-6-11-28)25-21(29)19-13-18(26-27(19)3)16-8-7-9-17(12-16)30-4/h7-9,12-13H,5-6,10-11H2,1-4H3,(H,25,29). The molecule has 8 nitrogen and oxygen atoms in total. The van der Waals surface area contributed by atoms with Crippen LogP contribution in [0.4, 0.5) is 11.6 Å². The van der Waals surface area contributed by atoms with E-state index in [0.29, 0.717) is 17.1 Å². The number of methoxy groups -OCH3 is 1. The molecule has 0 unspecified atom stereocenters. The third-order valence-electron chi connectivity index (χ3n) is 5.36. The number of anilines is 2. The summed E-state index contributed by atoms with van der Waals surface area (Å²) >= 11 is 0. The average molecular weight is 406 g/mol. The number of nitrogens with zero attached hydrogens (tertiary/aromatic N) is 5. The van der Waals surface area contributed by atoms with Crippen LogP contribution < -0.4 is 15.0 Å². The number of hydrogen-bond acceptors (Lipinski definition) is 6. The molecule has 3 heterocycles. The maximum absolute atomic E-state index is 13.0. The van der Waals surface area contributed by atoms with Crippen LogP contribution in [0.5, 0.6) is 5.75 Å². The molecule has 1 N–H and O–H groups in total. The molecular weight excluding hydrogens is 380 g/mol. The van der Waals surface area contributed by atoms with Gasteiger partial charge in [-0.05, 0) is 44.9 Å². The SMILES string of the molecule is COc1cccc(-c2cc(C(=O)Nc3c(C)nc(N4CCCC4)nc3C)n(C)n2)c1. The second-order valence-corrected chi connectivity index (χ2v) is 7.49. The summed E-state index contributed by atoms with van der Waals surface area (Å²) in [7, 11) is 3.38. The number of nitrogens with one attached hydrogen (secondary N) is 1. The number of ether oxygens (including phenoxy) is 1. The van der Waals surface area contributed by atoms with Gasteiger partial charge in [-0.2, -0.15) is 5.10 Å². The molecule has 0 radical (unpaired) electrons. The van der Waals surface area contributed by atoms with E-state index in [9.17, 15) is 4.79 Å². The van der Waals surface area contributed by atoms with Gasteiger partial charge in [-0.3, -0.25) is 9.48 Å². The van der Waals surface area contributed by atoms with E-state index in [0.717, 1.165) is 54.6 Å². The molecule has 1 aliphatic rings. The molecule has 1 fully saturated rings. The van der Waals surface area contributed by atoms with Crippen molar-refractivity contribution in [3.63, 3.8) is 0 Å². The molecule has 0 bridgehead atoms. The number of amides is 1. The topological polar surface area (TPSA) is 85.2 Å². The van der Waals surface area contributed by atoms with Crippen LogP contribution in [-0.4, -0.2) is 45.9 Å². The highest BCUT2D eigenvalue weighted by molar-refractivity contribution is 6.04. The molecule has 0 atom stereocenters. The first kappa shape index (κ1) is 19.9. The third-order valence-corrected chi connectivity index (χ3v) is 5.36. The Morgan fingerprint density at radius 2 is 1.80 bits per heavy atom. The van der Waals surface area contributed by atoms with Gasteiger partial charge in [0.05, 0.1) is 29.9 Å². The molecule has 0 aliphatic carbocycles. The fourth-order valence-electron chi connectivity index (χ4n) is 3.72. The highest BCUT2D eigenvalue weighted by atomic mass is 16.5. The number of aromatic nitrogens is 4. The van der Waals surface area contributed by atoms with E-state index < -0.39 is 0 Å². The van der Waals surface area contributed by atoms with Crippen molar-refractivity contribution in [1.82, 2.24) is 19.7 Å². The Hall–Kier alpha value is -3.42. The monoisotopic (exact) mass is 406 g/mol. The lowest BCUT2D eigenvalue weighted by molar-refractivity contribution is 0.101. The van der Waals surface area contributed by atoms with E-state index in [2.05, 4.69) is 25.3 Å². The molecule has 8 heteroatoms. The van der Waals surface area contributed by atoms with E-state index >= 15 is 0 Å². The highest BCUT2D eigenvalue weighted by Gasteiger charge is 2.20. The van der Waals surface area contributed by atoms with E-state index in [1.165, 1.54) is 0 Å². The second-order valence-electron chi connectivity index (χ2n) is 7.49. The number of carbonyl (C=O) groups excluding carboxylic acids is 1. The normalized spacial score (nSPS) is 13.5. The molecule has 0 spiro atoms. The van der Waals surface area contributed by atoms with Crippen LogP contribution in [0.1, 0.15) is 34.7 Å². The number of hydrogen-bond donors (Lipinski definition) is 1. The lowest BCUT2D eigenvalue weighted by atomic mass is 10.1. The van der Waals surface area contributed by atoms with Gasteiger partial charge in [0.1, 0.15) is 11.4 Å². The van der Waals surface area contributed by atoms with Crippen molar-refractivity contribution in [1.29, 1.82) is 0 Å². The summed E-state index contributed by atoms with van der Waals surface area (Å²) in [4.78, 5) is 24.4. The molecule has 2 aromatic heterocycles. The van der Waals surface area contributed by atoms with E-state index in [4.69, 9.17) is 4.74 Å². The molecule has 1 aromatic carbocycles. The number of carbonyl (C=O) groups is 1. The van der Waals surface area contributed by atoms with Crippen molar-refractivity contribution in [3.8, 4) is 17.0 Å². The van der Waals surface area contributed by atoms with Crippen LogP contribution in [0.3, 0.4) is 0 Å². The van der Waals surface area contributed by atoms with Gasteiger partial charge in [-0.25, -0.2) is 9.97 Å². The van der Waals surface area contributed by atoms with Gasteiger partial charge in [-0.1, -0.05) is 12.1 Å². The number of rotatable bonds is 5. The lowest BCUT2D eigenvalue weighted by Crippen LogP contribution is -2.23. The summed E-state index contributed by atoms with van der Waals surface area (Å²) < 4.78 is 6.86. The Balaban J connectivity index is 1.58. The lowest BCUT2D eigenvalue weighted by Gasteiger charge is -2.18. The summed E-state index contributed by atoms with van der Waals surface area (Å²) in [6, 6.07) is 9.37. The Morgan fingerprint density at radius 1 is 1.10 bits per heavy atom. The fraction of sp³-hybridized carbons (Fsp3) is 0.364. The molecule has 1 amide bonds. The summed E-state index contributed by atoms with van der Waals surface area (Å²) in [6.45, 7) is 5.75. The predicted octanol–water partition coefficient (Wildman–Crippen LogP) is 3.36. The molecule has 3 aromatic rings. The molecule has 1 aliphatic heterocycles. The van der Waals surface area contributed by atoms with Crippen LogP contribution in [0.2, 0.25) is 0 Å². The molecule has 4 rings (SSSR count). The van der Waals surface area contributed by atoms with Crippen LogP contribution in [0.15, 0.2) is 30.3 Å². The zero-order chi connectivity index (χ0) is 21.3. The zero-order valence-corrected chi connectivity index (χ0v) is 17.8. The van der Waals surface area contributed by atoms with E-state index in [1.807, 2.05) is 38.1 Å². The van der Waals surface area contributed by atoms with Crippen molar-refractivity contribution >= 4 is 17.5 Å². The summed E-state index contributed by atoms with van der Waals surface area (Å²) in [5.41, 5.74) is 4.20. The quantitative estimate of drug-likeness (QED) is 0.699. The maximum atomic E-state index is 13.0. The Labute approximate surface area is 175 Å². The largest absolute Gasteiger partial charge is 0.497 e. The van der Waals surface area contributed by atoms with Crippen molar-refractivity contribution in [2.75, 3.05) is 30.4 Å². The first-order chi connectivity index (χ1) is 14.5. The van der Waals surface area contributed by atoms with Crippen molar-refractivity contribution < 1.29 is 9.53 Å². The van der Waals surface area contributed by atoms with Crippen LogP contribution >= 0.6 is 0 Å². The molecule has 156 valence electrons. The van der Waals surface area contributed by atoms with Gasteiger partial charge in [0.2, 0.25) is 5.95 Å². The van der Waals surface area contributed by atoms with E-state index in [-0.39, 0.29) is 5.91 Å². The first-order valence-corrected chi connectivity index (χ1v) is 10.1. The Morgan fingerprint density at radius 3 is 2.47 bits per heavy atom. The minimum atomic E-state index is -0.247. The summed E-state index contributed by atoms with van der Waals surface area (Å²) in [5.74, 6) is 1.23. The minimum Gasteiger partial charge on any atom is -0.497 e. The van der Waals surface area contributed by atoms with Crippen LogP contribution in [0.25, 0.3) is 11.3 Å². The Kier molecular flexibility index (Phi) is 5.39. The average Bonchev–Trinajstić information content (AvgIpc) is 3.40. The first-order valence-electron chi connectivity index (χ1n) is 10.1. The predicted molar refractivity (Wildman–Crippen MR) is 116 cm³/mol. The smallest absolute Gasteiger partial charge is 0.274 e. The van der Waals surface area contributed by atoms with Crippen LogP contribution in [0, 0.1) is 13.8 Å². The molecule has 1 saturated heterocycles. The van der Waals surface area contributed by atoms with Crippen molar-refractivity contribution in [2.24, 2.45) is 7.05 Å². The minimum absolute atomic E-state index is 0.247. The highest BCUT2D eigenvalue weighted by Crippen LogP contribution is 2.26. The number of aryl methyl sites for hydroxylation is 3. The summed E-state index contributed by atoms with van der Waals surface area (Å²) in [5, 5.41) is 7.47. The molecular formula is C22H26N6O2.